The molecule has 146 valence electrons. The third-order valence-electron chi connectivity index (χ3n) is 4.25. The second-order valence-corrected chi connectivity index (χ2v) is 8.08. The minimum absolute atomic E-state index is 0.159. The second-order valence-electron chi connectivity index (χ2n) is 6.79. The number of rotatable bonds is 6. The zero-order valence-electron chi connectivity index (χ0n) is 16.2. The Hall–Kier alpha value is -2.67. The van der Waals surface area contributed by atoms with Crippen molar-refractivity contribution in [3.05, 3.63) is 65.0 Å². The molecule has 7 heteroatoms. The summed E-state index contributed by atoms with van der Waals surface area (Å²) in [7, 11) is 0. The average molecular weight is 399 g/mol. The maximum Gasteiger partial charge on any atom is 0.277 e. The van der Waals surface area contributed by atoms with Gasteiger partial charge in [0.1, 0.15) is 5.82 Å². The zero-order chi connectivity index (χ0) is 20.3. The van der Waals surface area contributed by atoms with E-state index in [4.69, 9.17) is 4.42 Å². The fraction of sp³-hybridized carbons (Fsp3) is 0.286. The quantitative estimate of drug-likeness (QED) is 0.600. The van der Waals surface area contributed by atoms with Crippen molar-refractivity contribution in [1.82, 2.24) is 15.5 Å². The lowest BCUT2D eigenvalue weighted by Crippen LogP contribution is -2.33. The molecule has 0 radical (unpaired) electrons. The Kier molecular flexibility index (Phi) is 6.14. The molecule has 2 unspecified atom stereocenters. The van der Waals surface area contributed by atoms with E-state index in [1.165, 1.54) is 23.9 Å². The van der Waals surface area contributed by atoms with Crippen LogP contribution in [0.2, 0.25) is 0 Å². The highest BCUT2D eigenvalue weighted by atomic mass is 32.2. The van der Waals surface area contributed by atoms with E-state index >= 15 is 0 Å². The molecule has 3 aromatic rings. The van der Waals surface area contributed by atoms with Gasteiger partial charge in [0.2, 0.25) is 11.8 Å². The number of carbonyl (C=O) groups is 1. The Morgan fingerprint density at radius 3 is 2.36 bits per heavy atom. The number of aryl methyl sites for hydroxylation is 2. The highest BCUT2D eigenvalue weighted by Crippen LogP contribution is 2.27. The van der Waals surface area contributed by atoms with Crippen molar-refractivity contribution in [3.8, 4) is 11.5 Å². The van der Waals surface area contributed by atoms with Gasteiger partial charge in [-0.1, -0.05) is 41.1 Å². The molecule has 1 heterocycles. The first kappa shape index (κ1) is 20.1. The molecule has 1 aromatic heterocycles. The van der Waals surface area contributed by atoms with Crippen LogP contribution in [0.3, 0.4) is 0 Å². The summed E-state index contributed by atoms with van der Waals surface area (Å²) in [5, 5.41) is 11.0. The van der Waals surface area contributed by atoms with Gasteiger partial charge in [0.15, 0.2) is 0 Å². The first-order valence-electron chi connectivity index (χ1n) is 8.96. The van der Waals surface area contributed by atoms with Gasteiger partial charge in [0.25, 0.3) is 5.22 Å². The number of hydrogen-bond acceptors (Lipinski definition) is 5. The van der Waals surface area contributed by atoms with Crippen molar-refractivity contribution < 1.29 is 13.6 Å². The molecule has 0 saturated carbocycles. The Morgan fingerprint density at radius 1 is 1.07 bits per heavy atom. The Balaban J connectivity index is 1.62. The number of aromatic nitrogens is 2. The summed E-state index contributed by atoms with van der Waals surface area (Å²) < 4.78 is 18.8. The van der Waals surface area contributed by atoms with Gasteiger partial charge in [-0.15, -0.1) is 10.2 Å². The lowest BCUT2D eigenvalue weighted by atomic mass is 10.1. The van der Waals surface area contributed by atoms with E-state index in [9.17, 15) is 9.18 Å². The molecular formula is C21H22FN3O2S. The number of hydrogen-bond donors (Lipinski definition) is 1. The number of benzene rings is 2. The third kappa shape index (κ3) is 4.98. The number of halogens is 1. The molecule has 0 saturated heterocycles. The van der Waals surface area contributed by atoms with Gasteiger partial charge in [-0.3, -0.25) is 4.79 Å². The predicted octanol–water partition coefficient (Wildman–Crippen LogP) is 4.85. The number of carbonyl (C=O) groups excluding carboxylic acids is 1. The van der Waals surface area contributed by atoms with Crippen LogP contribution in [0.4, 0.5) is 4.39 Å². The minimum atomic E-state index is -0.421. The topological polar surface area (TPSA) is 68.0 Å². The Labute approximate surface area is 167 Å². The van der Waals surface area contributed by atoms with Crippen LogP contribution >= 0.6 is 11.8 Å². The van der Waals surface area contributed by atoms with Gasteiger partial charge in [0, 0.05) is 5.56 Å². The Bertz CT molecular complexity index is 952. The molecule has 0 aliphatic heterocycles. The van der Waals surface area contributed by atoms with Crippen LogP contribution in [0.25, 0.3) is 11.5 Å². The van der Waals surface area contributed by atoms with Crippen molar-refractivity contribution in [3.63, 3.8) is 0 Å². The molecule has 0 bridgehead atoms. The molecule has 28 heavy (non-hydrogen) atoms. The van der Waals surface area contributed by atoms with Crippen LogP contribution in [0.5, 0.6) is 0 Å². The van der Waals surface area contributed by atoms with E-state index in [0.717, 1.165) is 22.3 Å². The smallest absolute Gasteiger partial charge is 0.277 e. The first-order chi connectivity index (χ1) is 13.3. The zero-order valence-corrected chi connectivity index (χ0v) is 17.0. The number of nitrogens with one attached hydrogen (secondary N) is 1. The maximum absolute atomic E-state index is 13.0. The summed E-state index contributed by atoms with van der Waals surface area (Å²) in [4.78, 5) is 12.5. The van der Waals surface area contributed by atoms with Crippen molar-refractivity contribution >= 4 is 17.7 Å². The van der Waals surface area contributed by atoms with E-state index in [2.05, 4.69) is 21.6 Å². The monoisotopic (exact) mass is 399 g/mol. The molecule has 0 aliphatic carbocycles. The first-order valence-corrected chi connectivity index (χ1v) is 9.84. The van der Waals surface area contributed by atoms with Gasteiger partial charge in [-0.25, -0.2) is 4.39 Å². The van der Waals surface area contributed by atoms with Gasteiger partial charge < -0.3 is 9.73 Å². The highest BCUT2D eigenvalue weighted by molar-refractivity contribution is 8.00. The normalized spacial score (nSPS) is 13.2. The van der Waals surface area contributed by atoms with Gasteiger partial charge >= 0.3 is 0 Å². The third-order valence-corrected chi connectivity index (χ3v) is 5.18. The van der Waals surface area contributed by atoms with Crippen molar-refractivity contribution in [2.45, 2.75) is 44.2 Å². The largest absolute Gasteiger partial charge is 0.411 e. The molecule has 1 amide bonds. The molecule has 0 spiro atoms. The molecule has 0 fully saturated rings. The van der Waals surface area contributed by atoms with E-state index < -0.39 is 5.25 Å². The number of thioether (sulfide) groups is 1. The molecule has 3 rings (SSSR count). The van der Waals surface area contributed by atoms with Gasteiger partial charge in [-0.2, -0.15) is 0 Å². The molecule has 2 atom stereocenters. The lowest BCUT2D eigenvalue weighted by molar-refractivity contribution is -0.120. The van der Waals surface area contributed by atoms with Crippen LogP contribution in [0, 0.1) is 19.7 Å². The lowest BCUT2D eigenvalue weighted by Gasteiger charge is -2.16. The van der Waals surface area contributed by atoms with Gasteiger partial charge in [-0.05, 0) is 57.5 Å². The summed E-state index contributed by atoms with van der Waals surface area (Å²) in [6.07, 6.45) is 0. The van der Waals surface area contributed by atoms with E-state index in [1.807, 2.05) is 32.9 Å². The van der Waals surface area contributed by atoms with Crippen LogP contribution in [0.15, 0.2) is 52.1 Å². The summed E-state index contributed by atoms with van der Waals surface area (Å²) in [5.74, 6) is -0.0308. The number of amides is 1. The molecular weight excluding hydrogens is 377 g/mol. The SMILES string of the molecule is Cc1cc(C)cc(-c2nnc(SC(C)C(=O)NC(C)c3ccc(F)cc3)o2)c1. The van der Waals surface area contributed by atoms with E-state index in [0.29, 0.717) is 11.1 Å². The van der Waals surface area contributed by atoms with Crippen molar-refractivity contribution in [2.24, 2.45) is 0 Å². The van der Waals surface area contributed by atoms with Gasteiger partial charge in [0.05, 0.1) is 11.3 Å². The minimum Gasteiger partial charge on any atom is -0.411 e. The highest BCUT2D eigenvalue weighted by Gasteiger charge is 2.20. The summed E-state index contributed by atoms with van der Waals surface area (Å²) in [6.45, 7) is 7.65. The average Bonchev–Trinajstić information content (AvgIpc) is 3.10. The van der Waals surface area contributed by atoms with Crippen LogP contribution in [0.1, 0.15) is 36.6 Å². The molecule has 1 N–H and O–H groups in total. The molecule has 0 aliphatic rings. The summed E-state index contributed by atoms with van der Waals surface area (Å²) in [5.41, 5.74) is 3.93. The summed E-state index contributed by atoms with van der Waals surface area (Å²) >= 11 is 1.20. The fourth-order valence-corrected chi connectivity index (χ4v) is 3.54. The maximum atomic E-state index is 13.0. The molecule has 2 aromatic carbocycles. The molecule has 5 nitrogen and oxygen atoms in total. The summed E-state index contributed by atoms with van der Waals surface area (Å²) in [6, 6.07) is 11.9. The Morgan fingerprint density at radius 2 is 1.71 bits per heavy atom. The van der Waals surface area contributed by atoms with E-state index in [-0.39, 0.29) is 17.8 Å². The van der Waals surface area contributed by atoms with Crippen molar-refractivity contribution in [2.75, 3.05) is 0 Å². The number of nitrogens with zero attached hydrogens (tertiary/aromatic N) is 2. The van der Waals surface area contributed by atoms with Crippen LogP contribution < -0.4 is 5.32 Å². The van der Waals surface area contributed by atoms with Crippen molar-refractivity contribution in [1.29, 1.82) is 0 Å². The fourth-order valence-electron chi connectivity index (χ4n) is 2.84. The van der Waals surface area contributed by atoms with Crippen LogP contribution in [-0.2, 0) is 4.79 Å². The predicted molar refractivity (Wildman–Crippen MR) is 107 cm³/mol. The standard InChI is InChI=1S/C21H22FN3O2S/c1-12-9-13(2)11-17(10-12)20-24-25-21(27-20)28-15(4)19(26)23-14(3)16-5-7-18(22)8-6-16/h5-11,14-15H,1-4H3,(H,23,26). The van der Waals surface area contributed by atoms with E-state index in [1.54, 1.807) is 19.1 Å². The van der Waals surface area contributed by atoms with Crippen LogP contribution in [-0.4, -0.2) is 21.4 Å². The second kappa shape index (κ2) is 8.56.